The van der Waals surface area contributed by atoms with Crippen LogP contribution in [0.5, 0.6) is 0 Å². The van der Waals surface area contributed by atoms with Crippen molar-refractivity contribution in [3.63, 3.8) is 0 Å². The van der Waals surface area contributed by atoms with E-state index >= 15 is 0 Å². The quantitative estimate of drug-likeness (QED) is 0.386. The van der Waals surface area contributed by atoms with Gasteiger partial charge in [0.1, 0.15) is 0 Å². The van der Waals surface area contributed by atoms with Crippen LogP contribution in [0.4, 0.5) is 5.95 Å². The second-order valence-corrected chi connectivity index (χ2v) is 23.3. The number of aromatic amines is 1. The molecule has 1 spiro atoms. The van der Waals surface area contributed by atoms with Crippen LogP contribution in [0.3, 0.4) is 0 Å². The van der Waals surface area contributed by atoms with Crippen molar-refractivity contribution < 1.29 is 17.8 Å². The Labute approximate surface area is 243 Å². The molecule has 1 amide bonds. The van der Waals surface area contributed by atoms with Crippen LogP contribution in [0.15, 0.2) is 11.1 Å². The highest BCUT2D eigenvalue weighted by molar-refractivity contribution is 8.01. The summed E-state index contributed by atoms with van der Waals surface area (Å²) in [5.41, 5.74) is 1.45. The van der Waals surface area contributed by atoms with E-state index in [1.807, 2.05) is 16.3 Å². The van der Waals surface area contributed by atoms with Gasteiger partial charge in [-0.25, -0.2) is 4.98 Å². The number of thioether (sulfide) groups is 1. The molecule has 0 bridgehead atoms. The SMILES string of the molecule is CC(=O)Nc1nc2c(ncn2[C@H]2C[C@@H]3O[Si](C(C)C)(C(C)C)O[Si](C(C)C)(C(C)C)O[C@H]4CCC[C@]43S2)c(=O)[nH]1. The van der Waals surface area contributed by atoms with Crippen LogP contribution in [0.1, 0.15) is 93.4 Å². The largest absolute Gasteiger partial charge is 0.414 e. The molecule has 2 aromatic rings. The third-order valence-electron chi connectivity index (χ3n) is 9.12. The Morgan fingerprint density at radius 2 is 1.68 bits per heavy atom. The molecule has 2 saturated heterocycles. The lowest BCUT2D eigenvalue weighted by molar-refractivity contribution is -0.114. The molecule has 2 N–H and O–H groups in total. The van der Waals surface area contributed by atoms with Crippen LogP contribution in [0.2, 0.25) is 22.2 Å². The zero-order valence-corrected chi connectivity index (χ0v) is 28.1. The molecule has 2 aliphatic heterocycles. The zero-order chi connectivity index (χ0) is 29.2. The molecule has 3 aliphatic rings. The first-order chi connectivity index (χ1) is 18.8. The van der Waals surface area contributed by atoms with Crippen molar-refractivity contribution in [2.24, 2.45) is 0 Å². The van der Waals surface area contributed by atoms with Crippen LogP contribution < -0.4 is 10.9 Å². The van der Waals surface area contributed by atoms with E-state index in [-0.39, 0.29) is 67.4 Å². The van der Waals surface area contributed by atoms with Gasteiger partial charge in [-0.05, 0) is 41.4 Å². The van der Waals surface area contributed by atoms with E-state index in [0.29, 0.717) is 5.65 Å². The molecule has 5 rings (SSSR count). The van der Waals surface area contributed by atoms with Crippen molar-refractivity contribution in [2.75, 3.05) is 5.32 Å². The summed E-state index contributed by atoms with van der Waals surface area (Å²) in [7, 11) is -5.44. The predicted octanol–water partition coefficient (Wildman–Crippen LogP) is 5.96. The number of H-pyrrole nitrogens is 1. The summed E-state index contributed by atoms with van der Waals surface area (Å²) in [6.07, 6.45) is 5.53. The number of anilines is 1. The van der Waals surface area contributed by atoms with Crippen LogP contribution in [-0.4, -0.2) is 59.5 Å². The van der Waals surface area contributed by atoms with E-state index in [1.165, 1.54) is 6.92 Å². The molecule has 222 valence electrons. The Hall–Kier alpha value is -1.52. The number of aromatic nitrogens is 4. The summed E-state index contributed by atoms with van der Waals surface area (Å²) < 4.78 is 24.2. The highest BCUT2D eigenvalue weighted by Crippen LogP contribution is 2.63. The van der Waals surface area contributed by atoms with Gasteiger partial charge in [0.05, 0.1) is 28.7 Å². The number of nitrogens with zero attached hydrogens (tertiary/aromatic N) is 3. The standard InChI is InChI=1S/C27H45N5O5SSi2/c1-15(2)39(16(3)4)35-20-11-10-12-27(20)21(36-40(37-39,17(5)6)18(7)8)13-22(38-27)32-14-28-23-24(32)30-26(29-19(9)33)31-25(23)34/h14-18,20-22H,10-13H2,1-9H3,(H2,29,30,31,33,34)/t20-,21-,22+,27-/m0/s1. The van der Waals surface area contributed by atoms with Crippen molar-refractivity contribution in [3.8, 4) is 0 Å². The number of hydrogen-bond acceptors (Lipinski definition) is 8. The van der Waals surface area contributed by atoms with Crippen LogP contribution in [-0.2, 0) is 17.8 Å². The van der Waals surface area contributed by atoms with Crippen molar-refractivity contribution >= 4 is 51.9 Å². The number of fused-ring (bicyclic) bond motifs is 1. The highest BCUT2D eigenvalue weighted by atomic mass is 32.2. The molecule has 13 heteroatoms. The van der Waals surface area contributed by atoms with Crippen LogP contribution in [0.25, 0.3) is 11.2 Å². The van der Waals surface area contributed by atoms with Gasteiger partial charge in [0.25, 0.3) is 5.56 Å². The summed E-state index contributed by atoms with van der Waals surface area (Å²) in [6, 6.07) is 0. The molecular weight excluding hydrogens is 563 g/mol. The lowest BCUT2D eigenvalue weighted by Gasteiger charge is -2.55. The summed E-state index contributed by atoms with van der Waals surface area (Å²) in [6.45, 7) is 19.5. The predicted molar refractivity (Wildman–Crippen MR) is 163 cm³/mol. The maximum Gasteiger partial charge on any atom is 0.334 e. The number of carbonyl (C=O) groups is 1. The van der Waals surface area contributed by atoms with Gasteiger partial charge in [-0.15, -0.1) is 11.8 Å². The van der Waals surface area contributed by atoms with Gasteiger partial charge in [0.2, 0.25) is 11.9 Å². The summed E-state index contributed by atoms with van der Waals surface area (Å²) >= 11 is 1.90. The molecule has 4 heterocycles. The first-order valence-corrected chi connectivity index (χ1v) is 19.6. The Kier molecular flexibility index (Phi) is 7.97. The lowest BCUT2D eigenvalue weighted by Crippen LogP contribution is -2.68. The molecule has 0 unspecified atom stereocenters. The number of nitrogens with one attached hydrogen (secondary N) is 2. The van der Waals surface area contributed by atoms with Crippen molar-refractivity contribution in [3.05, 3.63) is 16.7 Å². The Morgan fingerprint density at radius 1 is 1.07 bits per heavy atom. The number of carbonyl (C=O) groups excluding carboxylic acids is 1. The lowest BCUT2D eigenvalue weighted by atomic mass is 9.95. The average molecular weight is 608 g/mol. The third-order valence-corrected chi connectivity index (χ3v) is 21.3. The molecule has 0 aromatic carbocycles. The normalized spacial score (nSPS) is 29.7. The monoisotopic (exact) mass is 607 g/mol. The second-order valence-electron chi connectivity index (χ2n) is 13.0. The van der Waals surface area contributed by atoms with E-state index in [4.69, 9.17) is 13.0 Å². The topological polar surface area (TPSA) is 120 Å². The van der Waals surface area contributed by atoms with Crippen LogP contribution >= 0.6 is 11.8 Å². The Balaban J connectivity index is 1.63. The van der Waals surface area contributed by atoms with Crippen molar-refractivity contribution in [2.45, 2.75) is 132 Å². The van der Waals surface area contributed by atoms with Gasteiger partial charge in [-0.1, -0.05) is 55.4 Å². The summed E-state index contributed by atoms with van der Waals surface area (Å²) in [4.78, 5) is 36.1. The molecular formula is C27H45N5O5SSi2. The minimum absolute atomic E-state index is 0.0383. The van der Waals surface area contributed by atoms with Gasteiger partial charge in [0, 0.05) is 13.3 Å². The fraction of sp³-hybridized carbons (Fsp3) is 0.778. The number of amides is 1. The van der Waals surface area contributed by atoms with Gasteiger partial charge < -0.3 is 17.5 Å². The van der Waals surface area contributed by atoms with Crippen LogP contribution in [0, 0.1) is 0 Å². The van der Waals surface area contributed by atoms with Gasteiger partial charge in [-0.2, -0.15) is 4.98 Å². The van der Waals surface area contributed by atoms with E-state index in [2.05, 4.69) is 75.7 Å². The maximum absolute atomic E-state index is 12.8. The van der Waals surface area contributed by atoms with E-state index in [0.717, 1.165) is 25.7 Å². The zero-order valence-electron chi connectivity index (χ0n) is 25.2. The number of hydrogen-bond donors (Lipinski definition) is 2. The second kappa shape index (κ2) is 10.6. The summed E-state index contributed by atoms with van der Waals surface area (Å²) in [5, 5.41) is 2.56. The molecule has 4 atom stereocenters. The van der Waals surface area contributed by atoms with Gasteiger partial charge in [0.15, 0.2) is 11.2 Å². The molecule has 1 saturated carbocycles. The highest BCUT2D eigenvalue weighted by Gasteiger charge is 2.67. The number of rotatable bonds is 6. The van der Waals surface area contributed by atoms with E-state index in [1.54, 1.807) is 6.33 Å². The van der Waals surface area contributed by atoms with Crippen molar-refractivity contribution in [1.29, 1.82) is 0 Å². The van der Waals surface area contributed by atoms with Gasteiger partial charge in [-0.3, -0.25) is 19.9 Å². The first-order valence-electron chi connectivity index (χ1n) is 14.7. The number of imidazole rings is 1. The molecule has 10 nitrogen and oxygen atoms in total. The van der Waals surface area contributed by atoms with Gasteiger partial charge >= 0.3 is 17.1 Å². The molecule has 2 aromatic heterocycles. The summed E-state index contributed by atoms with van der Waals surface area (Å²) in [5.74, 6) is -0.173. The Morgan fingerprint density at radius 3 is 2.25 bits per heavy atom. The minimum Gasteiger partial charge on any atom is -0.414 e. The third kappa shape index (κ3) is 4.64. The first kappa shape index (κ1) is 30.0. The van der Waals surface area contributed by atoms with E-state index < -0.39 is 17.1 Å². The molecule has 0 radical (unpaired) electrons. The van der Waals surface area contributed by atoms with E-state index in [9.17, 15) is 9.59 Å². The fourth-order valence-electron chi connectivity index (χ4n) is 7.16. The minimum atomic E-state index is -2.76. The van der Waals surface area contributed by atoms with Crippen molar-refractivity contribution in [1.82, 2.24) is 19.5 Å². The molecule has 1 aliphatic carbocycles. The fourth-order valence-corrected chi connectivity index (χ4v) is 20.7. The average Bonchev–Trinajstić information content (AvgIpc) is 3.53. The maximum atomic E-state index is 12.8. The molecule has 40 heavy (non-hydrogen) atoms. The smallest absolute Gasteiger partial charge is 0.334 e. The Bertz CT molecular complexity index is 1310. The molecule has 3 fully saturated rings.